The molecule has 0 atom stereocenters. The van der Waals surface area contributed by atoms with Crippen LogP contribution in [0.5, 0.6) is 0 Å². The molecule has 6 nitrogen and oxygen atoms in total. The van der Waals surface area contributed by atoms with Gasteiger partial charge in [0.1, 0.15) is 5.00 Å². The highest BCUT2D eigenvalue weighted by Gasteiger charge is 2.27. The highest BCUT2D eigenvalue weighted by Crippen LogP contribution is 2.34. The van der Waals surface area contributed by atoms with Gasteiger partial charge in [-0.05, 0) is 25.8 Å². The molecule has 0 spiro atoms. The second-order valence-corrected chi connectivity index (χ2v) is 6.71. The second kappa shape index (κ2) is 9.42. The lowest BCUT2D eigenvalue weighted by molar-refractivity contribution is -0.116. The number of unbranched alkanes of at least 4 members (excludes halogenated alkanes) is 2. The zero-order valence-electron chi connectivity index (χ0n) is 15.0. The van der Waals surface area contributed by atoms with Crippen molar-refractivity contribution in [3.8, 4) is 0 Å². The van der Waals surface area contributed by atoms with Crippen molar-refractivity contribution >= 4 is 34.1 Å². The molecular weight excluding hydrogens is 328 g/mol. The van der Waals surface area contributed by atoms with Gasteiger partial charge < -0.3 is 15.0 Å². The summed E-state index contributed by atoms with van der Waals surface area (Å²) in [6.07, 6.45) is 3.20. The van der Waals surface area contributed by atoms with Crippen LogP contribution in [0.3, 0.4) is 0 Å². The summed E-state index contributed by atoms with van der Waals surface area (Å²) in [4.78, 5) is 38.5. The highest BCUT2D eigenvalue weighted by atomic mass is 32.1. The molecule has 7 heteroatoms. The predicted molar refractivity (Wildman–Crippen MR) is 95.8 cm³/mol. The molecule has 2 amide bonds. The number of carbonyl (C=O) groups is 3. The normalized spacial score (nSPS) is 10.4. The molecule has 24 heavy (non-hydrogen) atoms. The van der Waals surface area contributed by atoms with Crippen molar-refractivity contribution in [3.63, 3.8) is 0 Å². The van der Waals surface area contributed by atoms with E-state index in [-0.39, 0.29) is 24.0 Å². The van der Waals surface area contributed by atoms with Crippen LogP contribution in [0.2, 0.25) is 0 Å². The van der Waals surface area contributed by atoms with E-state index >= 15 is 0 Å². The van der Waals surface area contributed by atoms with Crippen molar-refractivity contribution in [1.29, 1.82) is 0 Å². The van der Waals surface area contributed by atoms with Gasteiger partial charge in [0.25, 0.3) is 5.91 Å². The number of rotatable bonds is 8. The number of carbonyl (C=O) groups excluding carboxylic acids is 3. The molecule has 1 N–H and O–H groups in total. The number of hydrogen-bond acceptors (Lipinski definition) is 5. The average molecular weight is 354 g/mol. The van der Waals surface area contributed by atoms with Crippen molar-refractivity contribution in [2.45, 2.75) is 46.5 Å². The number of nitrogens with one attached hydrogen (secondary N) is 1. The molecule has 0 bridgehead atoms. The number of amides is 2. The lowest BCUT2D eigenvalue weighted by Gasteiger charge is -2.09. The van der Waals surface area contributed by atoms with Crippen LogP contribution in [0.15, 0.2) is 0 Å². The summed E-state index contributed by atoms with van der Waals surface area (Å²) in [6, 6.07) is 0. The molecule has 0 aliphatic carbocycles. The molecule has 1 aromatic heterocycles. The Kier molecular flexibility index (Phi) is 7.91. The van der Waals surface area contributed by atoms with E-state index in [1.165, 1.54) is 4.90 Å². The van der Waals surface area contributed by atoms with Crippen molar-refractivity contribution in [1.82, 2.24) is 4.90 Å². The molecule has 0 aromatic carbocycles. The number of esters is 1. The van der Waals surface area contributed by atoms with Gasteiger partial charge in [-0.15, -0.1) is 11.3 Å². The predicted octanol–water partition coefficient (Wildman–Crippen LogP) is 3.45. The molecule has 0 saturated heterocycles. The summed E-state index contributed by atoms with van der Waals surface area (Å²) in [7, 11) is 3.29. The third-order valence-electron chi connectivity index (χ3n) is 3.49. The van der Waals surface area contributed by atoms with E-state index in [4.69, 9.17) is 4.74 Å². The number of anilines is 1. The Morgan fingerprint density at radius 2 is 1.83 bits per heavy atom. The highest BCUT2D eigenvalue weighted by molar-refractivity contribution is 7.18. The monoisotopic (exact) mass is 354 g/mol. The van der Waals surface area contributed by atoms with E-state index in [2.05, 4.69) is 12.2 Å². The van der Waals surface area contributed by atoms with E-state index in [9.17, 15) is 14.4 Å². The van der Waals surface area contributed by atoms with Gasteiger partial charge in [-0.1, -0.05) is 19.8 Å². The quantitative estimate of drug-likeness (QED) is 0.573. The standard InChI is InChI=1S/C17H26N2O4S/c1-6-8-9-10-12(20)18-15-13(17(22)23-7-2)11(3)14(24-15)16(21)19(4)5/h6-10H2,1-5H3,(H,18,20). The van der Waals surface area contributed by atoms with Crippen LogP contribution in [-0.2, 0) is 9.53 Å². The van der Waals surface area contributed by atoms with Crippen molar-refractivity contribution < 1.29 is 19.1 Å². The maximum Gasteiger partial charge on any atom is 0.341 e. The van der Waals surface area contributed by atoms with Crippen LogP contribution in [0.1, 0.15) is 65.1 Å². The third kappa shape index (κ3) is 5.06. The van der Waals surface area contributed by atoms with Crippen LogP contribution in [-0.4, -0.2) is 43.4 Å². The zero-order chi connectivity index (χ0) is 18.3. The Morgan fingerprint density at radius 1 is 1.17 bits per heavy atom. The van der Waals surface area contributed by atoms with Gasteiger partial charge in [-0.25, -0.2) is 4.79 Å². The van der Waals surface area contributed by atoms with Crippen molar-refractivity contribution in [3.05, 3.63) is 16.0 Å². The molecule has 0 aliphatic rings. The zero-order valence-corrected chi connectivity index (χ0v) is 15.8. The number of thiophene rings is 1. The topological polar surface area (TPSA) is 75.7 Å². The fourth-order valence-electron chi connectivity index (χ4n) is 2.18. The Bertz CT molecular complexity index is 608. The van der Waals surface area contributed by atoms with Gasteiger partial charge in [0, 0.05) is 20.5 Å². The smallest absolute Gasteiger partial charge is 0.341 e. The van der Waals surface area contributed by atoms with Gasteiger partial charge in [-0.3, -0.25) is 9.59 Å². The van der Waals surface area contributed by atoms with Gasteiger partial charge in [-0.2, -0.15) is 0 Å². The van der Waals surface area contributed by atoms with Crippen molar-refractivity contribution in [2.24, 2.45) is 0 Å². The summed E-state index contributed by atoms with van der Waals surface area (Å²) in [6.45, 7) is 5.72. The molecule has 1 aromatic rings. The Labute approximate surface area is 147 Å². The first-order chi connectivity index (χ1) is 11.3. The molecule has 1 heterocycles. The van der Waals surface area contributed by atoms with Crippen LogP contribution >= 0.6 is 11.3 Å². The largest absolute Gasteiger partial charge is 0.462 e. The van der Waals surface area contributed by atoms with E-state index in [1.54, 1.807) is 27.9 Å². The Hall–Kier alpha value is -1.89. The Balaban J connectivity index is 3.12. The number of ether oxygens (including phenoxy) is 1. The molecule has 1 rings (SSSR count). The first kappa shape index (κ1) is 20.2. The average Bonchev–Trinajstić information content (AvgIpc) is 2.83. The molecule has 0 unspecified atom stereocenters. The van der Waals surface area contributed by atoms with Crippen LogP contribution < -0.4 is 5.32 Å². The van der Waals surface area contributed by atoms with E-state index in [1.807, 2.05) is 0 Å². The molecule has 0 aliphatic heterocycles. The lowest BCUT2D eigenvalue weighted by atomic mass is 10.1. The second-order valence-electron chi connectivity index (χ2n) is 5.69. The first-order valence-corrected chi connectivity index (χ1v) is 8.97. The third-order valence-corrected chi connectivity index (χ3v) is 4.68. The fourth-order valence-corrected chi connectivity index (χ4v) is 3.41. The number of hydrogen-bond donors (Lipinski definition) is 1. The Morgan fingerprint density at radius 3 is 2.38 bits per heavy atom. The fraction of sp³-hybridized carbons (Fsp3) is 0.588. The van der Waals surface area contributed by atoms with Gasteiger partial charge in [0.15, 0.2) is 0 Å². The minimum absolute atomic E-state index is 0.154. The van der Waals surface area contributed by atoms with Gasteiger partial charge >= 0.3 is 5.97 Å². The molecular formula is C17H26N2O4S. The summed E-state index contributed by atoms with van der Waals surface area (Å²) in [5.74, 6) is -0.874. The summed E-state index contributed by atoms with van der Waals surface area (Å²) in [5, 5.41) is 3.16. The SMILES string of the molecule is CCCCCC(=O)Nc1sc(C(=O)N(C)C)c(C)c1C(=O)OCC. The van der Waals surface area contributed by atoms with Crippen molar-refractivity contribution in [2.75, 3.05) is 26.0 Å². The van der Waals surface area contributed by atoms with Crippen LogP contribution in [0, 0.1) is 6.92 Å². The van der Waals surface area contributed by atoms with E-state index in [0.29, 0.717) is 21.9 Å². The van der Waals surface area contributed by atoms with Gasteiger partial charge in [0.2, 0.25) is 5.91 Å². The molecule has 0 fully saturated rings. The van der Waals surface area contributed by atoms with Crippen LogP contribution in [0.25, 0.3) is 0 Å². The summed E-state index contributed by atoms with van der Waals surface area (Å²) < 4.78 is 5.07. The van der Waals surface area contributed by atoms with E-state index < -0.39 is 5.97 Å². The maximum atomic E-state index is 12.3. The lowest BCUT2D eigenvalue weighted by Crippen LogP contribution is -2.21. The first-order valence-electron chi connectivity index (χ1n) is 8.15. The number of nitrogens with zero attached hydrogens (tertiary/aromatic N) is 1. The summed E-state index contributed by atoms with van der Waals surface area (Å²) in [5.41, 5.74) is 0.817. The van der Waals surface area contributed by atoms with Crippen LogP contribution in [0.4, 0.5) is 5.00 Å². The molecule has 0 radical (unpaired) electrons. The molecule has 0 saturated carbocycles. The maximum absolute atomic E-state index is 12.3. The molecule has 134 valence electrons. The minimum Gasteiger partial charge on any atom is -0.462 e. The minimum atomic E-state index is -0.520. The van der Waals surface area contributed by atoms with E-state index in [0.717, 1.165) is 30.6 Å². The van der Waals surface area contributed by atoms with Gasteiger partial charge in [0.05, 0.1) is 17.0 Å². The summed E-state index contributed by atoms with van der Waals surface area (Å²) >= 11 is 1.12.